The molecular weight excluding hydrogens is 317 g/mol. The zero-order valence-corrected chi connectivity index (χ0v) is 13.3. The van der Waals surface area contributed by atoms with Crippen molar-refractivity contribution in [1.29, 1.82) is 0 Å². The van der Waals surface area contributed by atoms with Crippen LogP contribution in [0, 0.1) is 5.82 Å². The number of hydrogen-bond acceptors (Lipinski definition) is 3. The first kappa shape index (κ1) is 16.2. The van der Waals surface area contributed by atoms with E-state index in [1.807, 2.05) is 6.92 Å². The Balaban J connectivity index is 2.38. The van der Waals surface area contributed by atoms with Crippen LogP contribution in [0.15, 0.2) is 23.1 Å². The number of hydrogen-bond donors (Lipinski definition) is 0. The van der Waals surface area contributed by atoms with Crippen LogP contribution >= 0.6 is 10.7 Å². The van der Waals surface area contributed by atoms with Crippen LogP contribution in [0.3, 0.4) is 0 Å². The van der Waals surface area contributed by atoms with Gasteiger partial charge in [0.15, 0.2) is 0 Å². The molecule has 1 fully saturated rings. The third kappa shape index (κ3) is 3.55. The van der Waals surface area contributed by atoms with E-state index in [1.165, 1.54) is 0 Å². The van der Waals surface area contributed by atoms with Gasteiger partial charge in [0.1, 0.15) is 5.82 Å². The fourth-order valence-electron chi connectivity index (χ4n) is 2.67. The molecule has 2 rings (SSSR count). The van der Waals surface area contributed by atoms with Crippen LogP contribution in [0.2, 0.25) is 0 Å². The summed E-state index contributed by atoms with van der Waals surface area (Å²) in [7, 11) is 1.26. The van der Waals surface area contributed by atoms with Crippen LogP contribution < -0.4 is 0 Å². The van der Waals surface area contributed by atoms with Gasteiger partial charge < -0.3 is 4.90 Å². The molecule has 0 N–H and O–H groups in total. The van der Waals surface area contributed by atoms with Gasteiger partial charge in [-0.05, 0) is 43.9 Å². The van der Waals surface area contributed by atoms with Gasteiger partial charge in [-0.1, -0.05) is 6.92 Å². The van der Waals surface area contributed by atoms with Crippen molar-refractivity contribution in [3.8, 4) is 0 Å². The van der Waals surface area contributed by atoms with Gasteiger partial charge in [-0.3, -0.25) is 4.79 Å². The molecule has 0 aromatic heterocycles. The highest BCUT2D eigenvalue weighted by Gasteiger charge is 2.28. The van der Waals surface area contributed by atoms with Crippen LogP contribution in [0.5, 0.6) is 0 Å². The zero-order chi connectivity index (χ0) is 15.6. The fraction of sp³-hybridized carbons (Fsp3) is 0.500. The van der Waals surface area contributed by atoms with Gasteiger partial charge >= 0.3 is 0 Å². The lowest BCUT2D eigenvalue weighted by Crippen LogP contribution is -2.43. The minimum atomic E-state index is -3.99. The molecule has 116 valence electrons. The first-order valence-corrected chi connectivity index (χ1v) is 9.20. The number of piperidine rings is 1. The van der Waals surface area contributed by atoms with Gasteiger partial charge in [0.25, 0.3) is 15.0 Å². The van der Waals surface area contributed by atoms with Gasteiger partial charge in [0, 0.05) is 23.3 Å². The fourth-order valence-corrected chi connectivity index (χ4v) is 3.44. The highest BCUT2D eigenvalue weighted by Crippen LogP contribution is 2.25. The van der Waals surface area contributed by atoms with E-state index in [2.05, 4.69) is 0 Å². The summed E-state index contributed by atoms with van der Waals surface area (Å²) in [5, 5.41) is 0. The molecule has 1 saturated heterocycles. The Morgan fingerprint density at radius 2 is 2.14 bits per heavy atom. The number of carbonyl (C=O) groups is 1. The standard InChI is InChI=1S/C14H17ClFNO3S/c1-2-10-5-3-4-8-17(10)14(18)12-9-11(21(15,19)20)6-7-13(12)16/h6-7,9-10H,2-5,8H2,1H3. The van der Waals surface area contributed by atoms with Crippen molar-refractivity contribution in [2.75, 3.05) is 6.54 Å². The molecule has 21 heavy (non-hydrogen) atoms. The predicted octanol–water partition coefficient (Wildman–Crippen LogP) is 3.16. The summed E-state index contributed by atoms with van der Waals surface area (Å²) in [4.78, 5) is 13.9. The number of amides is 1. The molecule has 1 aromatic carbocycles. The summed E-state index contributed by atoms with van der Waals surface area (Å²) in [6, 6.07) is 3.11. The van der Waals surface area contributed by atoms with Crippen molar-refractivity contribution < 1.29 is 17.6 Å². The number of rotatable bonds is 3. The largest absolute Gasteiger partial charge is 0.336 e. The monoisotopic (exact) mass is 333 g/mol. The maximum absolute atomic E-state index is 13.9. The normalized spacial score (nSPS) is 19.6. The minimum Gasteiger partial charge on any atom is -0.336 e. The first-order chi connectivity index (χ1) is 9.84. The lowest BCUT2D eigenvalue weighted by atomic mass is 9.99. The highest BCUT2D eigenvalue weighted by atomic mass is 35.7. The van der Waals surface area contributed by atoms with E-state index in [-0.39, 0.29) is 16.5 Å². The molecule has 0 aliphatic carbocycles. The first-order valence-electron chi connectivity index (χ1n) is 6.89. The average molecular weight is 334 g/mol. The van der Waals surface area contributed by atoms with Gasteiger partial charge in [-0.2, -0.15) is 0 Å². The van der Waals surface area contributed by atoms with Crippen molar-refractivity contribution in [3.63, 3.8) is 0 Å². The molecule has 0 saturated carbocycles. The Labute approximate surface area is 128 Å². The van der Waals surface area contributed by atoms with Gasteiger partial charge in [-0.25, -0.2) is 12.8 Å². The third-order valence-corrected chi connectivity index (χ3v) is 5.16. The summed E-state index contributed by atoms with van der Waals surface area (Å²) in [5.41, 5.74) is -0.239. The molecular formula is C14H17ClFNO3S. The molecule has 1 amide bonds. The Morgan fingerprint density at radius 1 is 1.43 bits per heavy atom. The molecule has 1 aliphatic rings. The SMILES string of the molecule is CCC1CCCCN1C(=O)c1cc(S(=O)(=O)Cl)ccc1F. The van der Waals surface area contributed by atoms with Crippen molar-refractivity contribution in [3.05, 3.63) is 29.6 Å². The Bertz CT molecular complexity index is 648. The number of carbonyl (C=O) groups excluding carboxylic acids is 1. The van der Waals surface area contributed by atoms with E-state index < -0.39 is 20.8 Å². The van der Waals surface area contributed by atoms with E-state index in [0.29, 0.717) is 6.54 Å². The summed E-state index contributed by atoms with van der Waals surface area (Å²) in [6.45, 7) is 2.54. The molecule has 0 radical (unpaired) electrons. The van der Waals surface area contributed by atoms with Gasteiger partial charge in [0.2, 0.25) is 0 Å². The van der Waals surface area contributed by atoms with E-state index in [0.717, 1.165) is 43.9 Å². The lowest BCUT2D eigenvalue weighted by molar-refractivity contribution is 0.0603. The number of nitrogens with zero attached hydrogens (tertiary/aromatic N) is 1. The summed E-state index contributed by atoms with van der Waals surface area (Å²) in [5.74, 6) is -1.20. The average Bonchev–Trinajstić information content (AvgIpc) is 2.45. The van der Waals surface area contributed by atoms with Crippen LogP contribution in [-0.4, -0.2) is 31.8 Å². The Morgan fingerprint density at radius 3 is 2.76 bits per heavy atom. The van der Waals surface area contributed by atoms with Crippen molar-refractivity contribution >= 4 is 25.6 Å². The summed E-state index contributed by atoms with van der Waals surface area (Å²) in [6.07, 6.45) is 3.59. The minimum absolute atomic E-state index is 0.0712. The van der Waals surface area contributed by atoms with Crippen LogP contribution in [0.1, 0.15) is 43.0 Å². The lowest BCUT2D eigenvalue weighted by Gasteiger charge is -2.35. The predicted molar refractivity (Wildman–Crippen MR) is 78.4 cm³/mol. The van der Waals surface area contributed by atoms with Crippen molar-refractivity contribution in [2.45, 2.75) is 43.5 Å². The van der Waals surface area contributed by atoms with Crippen LogP contribution in [0.25, 0.3) is 0 Å². The maximum atomic E-state index is 13.9. The van der Waals surface area contributed by atoms with E-state index >= 15 is 0 Å². The summed E-state index contributed by atoms with van der Waals surface area (Å²) < 4.78 is 36.6. The molecule has 7 heteroatoms. The number of benzene rings is 1. The molecule has 1 heterocycles. The molecule has 0 spiro atoms. The zero-order valence-electron chi connectivity index (χ0n) is 11.7. The highest BCUT2D eigenvalue weighted by molar-refractivity contribution is 8.13. The van der Waals surface area contributed by atoms with Gasteiger partial charge in [-0.15, -0.1) is 0 Å². The quantitative estimate of drug-likeness (QED) is 0.798. The Hall–Kier alpha value is -1.14. The van der Waals surface area contributed by atoms with Gasteiger partial charge in [0.05, 0.1) is 10.5 Å². The molecule has 1 unspecified atom stereocenters. The van der Waals surface area contributed by atoms with Crippen LogP contribution in [0.4, 0.5) is 4.39 Å². The third-order valence-electron chi connectivity index (χ3n) is 3.81. The van der Waals surface area contributed by atoms with E-state index in [4.69, 9.17) is 10.7 Å². The molecule has 1 aliphatic heterocycles. The smallest absolute Gasteiger partial charge is 0.261 e. The van der Waals surface area contributed by atoms with E-state index in [1.54, 1.807) is 4.90 Å². The molecule has 1 aromatic rings. The van der Waals surface area contributed by atoms with Crippen molar-refractivity contribution in [2.24, 2.45) is 0 Å². The van der Waals surface area contributed by atoms with Crippen molar-refractivity contribution in [1.82, 2.24) is 4.90 Å². The molecule has 4 nitrogen and oxygen atoms in total. The molecule has 0 bridgehead atoms. The van der Waals surface area contributed by atoms with E-state index in [9.17, 15) is 17.6 Å². The second-order valence-corrected chi connectivity index (χ2v) is 7.70. The second kappa shape index (κ2) is 6.32. The topological polar surface area (TPSA) is 54.5 Å². The second-order valence-electron chi connectivity index (χ2n) is 5.14. The number of likely N-dealkylation sites (tertiary alicyclic amines) is 1. The summed E-state index contributed by atoms with van der Waals surface area (Å²) >= 11 is 0. The molecule has 1 atom stereocenters. The Kier molecular flexibility index (Phi) is 4.88. The van der Waals surface area contributed by atoms with Crippen LogP contribution in [-0.2, 0) is 9.05 Å². The maximum Gasteiger partial charge on any atom is 0.261 e. The number of halogens is 2.